The van der Waals surface area contributed by atoms with Crippen LogP contribution in [0.25, 0.3) is 0 Å². The lowest BCUT2D eigenvalue weighted by Crippen LogP contribution is -2.42. The van der Waals surface area contributed by atoms with Gasteiger partial charge in [0, 0.05) is 11.0 Å². The van der Waals surface area contributed by atoms with Crippen molar-refractivity contribution in [1.82, 2.24) is 5.32 Å². The number of carbonyl (C=O) groups is 1. The molecular formula is C18H27NO. The molecule has 110 valence electrons. The highest BCUT2D eigenvalue weighted by molar-refractivity contribution is 6.00. The zero-order chi connectivity index (χ0) is 14.4. The monoisotopic (exact) mass is 273 g/mol. The predicted octanol–water partition coefficient (Wildman–Crippen LogP) is 3.99. The fourth-order valence-corrected chi connectivity index (χ4v) is 3.44. The summed E-state index contributed by atoms with van der Waals surface area (Å²) in [4.78, 5) is 13.0. The van der Waals surface area contributed by atoms with E-state index in [0.717, 1.165) is 57.2 Å². The number of hydrogen-bond acceptors (Lipinski definition) is 2. The number of rotatable bonds is 6. The molecule has 0 amide bonds. The number of carbonyl (C=O) groups excluding carboxylic acids is 1. The van der Waals surface area contributed by atoms with Gasteiger partial charge in [-0.15, -0.1) is 0 Å². The van der Waals surface area contributed by atoms with Crippen molar-refractivity contribution in [2.45, 2.75) is 52.4 Å². The molecule has 0 atom stereocenters. The Bertz CT molecular complexity index is 441. The number of benzene rings is 1. The fourth-order valence-electron chi connectivity index (χ4n) is 3.44. The van der Waals surface area contributed by atoms with Crippen LogP contribution in [-0.4, -0.2) is 18.9 Å². The maximum Gasteiger partial charge on any atom is 0.169 e. The first-order chi connectivity index (χ1) is 9.72. The van der Waals surface area contributed by atoms with Crippen molar-refractivity contribution in [2.75, 3.05) is 13.1 Å². The fraction of sp³-hybridized carbons (Fsp3) is 0.611. The van der Waals surface area contributed by atoms with Crippen LogP contribution in [0.1, 0.15) is 61.9 Å². The summed E-state index contributed by atoms with van der Waals surface area (Å²) < 4.78 is 0. The maximum atomic E-state index is 13.0. The molecule has 2 rings (SSSR count). The molecule has 1 aliphatic rings. The van der Waals surface area contributed by atoms with Crippen LogP contribution in [0.15, 0.2) is 24.3 Å². The third-order valence-electron chi connectivity index (χ3n) is 4.50. The lowest BCUT2D eigenvalue weighted by molar-refractivity contribution is 0.0704. The van der Waals surface area contributed by atoms with Crippen LogP contribution in [0.2, 0.25) is 0 Å². The van der Waals surface area contributed by atoms with Gasteiger partial charge in [0.25, 0.3) is 0 Å². The van der Waals surface area contributed by atoms with Gasteiger partial charge in [0.05, 0.1) is 0 Å². The summed E-state index contributed by atoms with van der Waals surface area (Å²) in [7, 11) is 0. The highest BCUT2D eigenvalue weighted by Gasteiger charge is 2.38. The molecule has 1 aromatic carbocycles. The Morgan fingerprint density at radius 3 is 2.60 bits per heavy atom. The molecule has 0 bridgehead atoms. The molecule has 0 radical (unpaired) electrons. The van der Waals surface area contributed by atoms with Crippen molar-refractivity contribution >= 4 is 5.78 Å². The standard InChI is InChI=1S/C18H27NO/c1-3-6-15-7-5-8-16(14-15)17(20)18(9-4-2)10-12-19-13-11-18/h5,7-8,14,19H,3-4,6,9-13H2,1-2H3. The van der Waals surface area contributed by atoms with Gasteiger partial charge in [-0.25, -0.2) is 0 Å². The van der Waals surface area contributed by atoms with E-state index in [1.807, 2.05) is 12.1 Å². The summed E-state index contributed by atoms with van der Waals surface area (Å²) in [6.07, 6.45) is 6.26. The summed E-state index contributed by atoms with van der Waals surface area (Å²) in [6, 6.07) is 8.29. The van der Waals surface area contributed by atoms with Gasteiger partial charge in [-0.05, 0) is 50.4 Å². The molecule has 0 spiro atoms. The maximum absolute atomic E-state index is 13.0. The van der Waals surface area contributed by atoms with Crippen LogP contribution in [-0.2, 0) is 6.42 Å². The van der Waals surface area contributed by atoms with Crippen LogP contribution in [0.4, 0.5) is 0 Å². The van der Waals surface area contributed by atoms with E-state index in [1.54, 1.807) is 0 Å². The Labute approximate surface area is 123 Å². The van der Waals surface area contributed by atoms with E-state index in [1.165, 1.54) is 5.56 Å². The summed E-state index contributed by atoms with van der Waals surface area (Å²) >= 11 is 0. The Hall–Kier alpha value is -1.15. The Kier molecular flexibility index (Phi) is 5.36. The number of nitrogens with one attached hydrogen (secondary N) is 1. The molecule has 0 aromatic heterocycles. The molecule has 0 saturated carbocycles. The molecule has 2 nitrogen and oxygen atoms in total. The zero-order valence-corrected chi connectivity index (χ0v) is 12.9. The summed E-state index contributed by atoms with van der Waals surface area (Å²) in [6.45, 7) is 6.31. The minimum Gasteiger partial charge on any atom is -0.317 e. The van der Waals surface area contributed by atoms with Crippen molar-refractivity contribution in [2.24, 2.45) is 5.41 Å². The summed E-state index contributed by atoms with van der Waals surface area (Å²) in [5.74, 6) is 0.374. The van der Waals surface area contributed by atoms with Crippen LogP contribution in [0.5, 0.6) is 0 Å². The molecule has 1 fully saturated rings. The lowest BCUT2D eigenvalue weighted by Gasteiger charge is -2.36. The first kappa shape index (κ1) is 15.2. The first-order valence-corrected chi connectivity index (χ1v) is 8.06. The van der Waals surface area contributed by atoms with Gasteiger partial charge in [-0.1, -0.05) is 44.9 Å². The second kappa shape index (κ2) is 7.03. The van der Waals surface area contributed by atoms with E-state index in [-0.39, 0.29) is 5.41 Å². The summed E-state index contributed by atoms with van der Waals surface area (Å²) in [5, 5.41) is 3.38. The molecule has 0 aliphatic carbocycles. The average Bonchev–Trinajstić information content (AvgIpc) is 2.48. The molecule has 1 heterocycles. The number of aryl methyl sites for hydroxylation is 1. The van der Waals surface area contributed by atoms with Crippen molar-refractivity contribution in [3.63, 3.8) is 0 Å². The average molecular weight is 273 g/mol. The highest BCUT2D eigenvalue weighted by atomic mass is 16.1. The molecular weight excluding hydrogens is 246 g/mol. The second-order valence-electron chi connectivity index (χ2n) is 6.06. The Morgan fingerprint density at radius 2 is 1.95 bits per heavy atom. The third kappa shape index (κ3) is 3.29. The smallest absolute Gasteiger partial charge is 0.169 e. The van der Waals surface area contributed by atoms with Gasteiger partial charge >= 0.3 is 0 Å². The van der Waals surface area contributed by atoms with E-state index >= 15 is 0 Å². The van der Waals surface area contributed by atoms with Crippen LogP contribution < -0.4 is 5.32 Å². The second-order valence-corrected chi connectivity index (χ2v) is 6.06. The normalized spacial score (nSPS) is 17.9. The van der Waals surface area contributed by atoms with Crippen LogP contribution in [0.3, 0.4) is 0 Å². The predicted molar refractivity (Wildman–Crippen MR) is 84.2 cm³/mol. The van der Waals surface area contributed by atoms with Crippen molar-refractivity contribution in [3.8, 4) is 0 Å². The largest absolute Gasteiger partial charge is 0.317 e. The lowest BCUT2D eigenvalue weighted by atomic mass is 9.70. The molecule has 1 saturated heterocycles. The highest BCUT2D eigenvalue weighted by Crippen LogP contribution is 2.37. The minimum absolute atomic E-state index is 0.120. The van der Waals surface area contributed by atoms with E-state index in [2.05, 4.69) is 31.3 Å². The van der Waals surface area contributed by atoms with Crippen LogP contribution in [0, 0.1) is 5.41 Å². The molecule has 0 unspecified atom stereocenters. The van der Waals surface area contributed by atoms with Gasteiger partial charge in [0.15, 0.2) is 5.78 Å². The van der Waals surface area contributed by atoms with Crippen molar-refractivity contribution < 1.29 is 4.79 Å². The molecule has 1 aliphatic heterocycles. The zero-order valence-electron chi connectivity index (χ0n) is 12.9. The molecule has 2 heteroatoms. The van der Waals surface area contributed by atoms with Crippen LogP contribution >= 0.6 is 0 Å². The van der Waals surface area contributed by atoms with Crippen molar-refractivity contribution in [1.29, 1.82) is 0 Å². The third-order valence-corrected chi connectivity index (χ3v) is 4.50. The van der Waals surface area contributed by atoms with E-state index in [4.69, 9.17) is 0 Å². The Morgan fingerprint density at radius 1 is 1.20 bits per heavy atom. The topological polar surface area (TPSA) is 29.1 Å². The first-order valence-electron chi connectivity index (χ1n) is 8.06. The Balaban J connectivity index is 2.24. The molecule has 1 N–H and O–H groups in total. The summed E-state index contributed by atoms with van der Waals surface area (Å²) in [5.41, 5.74) is 2.09. The number of ketones is 1. The van der Waals surface area contributed by atoms with E-state index < -0.39 is 0 Å². The SMILES string of the molecule is CCCc1cccc(C(=O)C2(CCC)CCNCC2)c1. The number of hydrogen-bond donors (Lipinski definition) is 1. The van der Waals surface area contributed by atoms with Gasteiger partial charge in [0.2, 0.25) is 0 Å². The molecule has 20 heavy (non-hydrogen) atoms. The number of Topliss-reactive ketones (excluding diaryl/α,β-unsaturated/α-hetero) is 1. The van der Waals surface area contributed by atoms with Gasteiger partial charge in [-0.3, -0.25) is 4.79 Å². The van der Waals surface area contributed by atoms with E-state index in [9.17, 15) is 4.79 Å². The number of piperidine rings is 1. The molecule has 1 aromatic rings. The van der Waals surface area contributed by atoms with Crippen molar-refractivity contribution in [3.05, 3.63) is 35.4 Å². The van der Waals surface area contributed by atoms with E-state index in [0.29, 0.717) is 5.78 Å². The minimum atomic E-state index is -0.120. The van der Waals surface area contributed by atoms with Gasteiger partial charge in [0.1, 0.15) is 0 Å². The van der Waals surface area contributed by atoms with Gasteiger partial charge in [-0.2, -0.15) is 0 Å². The quantitative estimate of drug-likeness (QED) is 0.794. The van der Waals surface area contributed by atoms with Gasteiger partial charge < -0.3 is 5.32 Å².